The Bertz CT molecular complexity index is 673. The van der Waals surface area contributed by atoms with Gasteiger partial charge in [-0.2, -0.15) is 5.10 Å². The molecule has 0 bridgehead atoms. The summed E-state index contributed by atoms with van der Waals surface area (Å²) < 4.78 is 10.6. The van der Waals surface area contributed by atoms with Gasteiger partial charge in [0, 0.05) is 6.21 Å². The first-order chi connectivity index (χ1) is 10.7. The van der Waals surface area contributed by atoms with Crippen LogP contribution in [-0.2, 0) is 4.79 Å². The van der Waals surface area contributed by atoms with Gasteiger partial charge in [-0.15, -0.1) is 0 Å². The molecule has 0 aliphatic heterocycles. The summed E-state index contributed by atoms with van der Waals surface area (Å²) in [5, 5.41) is 3.79. The van der Waals surface area contributed by atoms with E-state index in [1.807, 2.05) is 38.1 Å². The van der Waals surface area contributed by atoms with Crippen molar-refractivity contribution in [2.45, 2.75) is 13.8 Å². The lowest BCUT2D eigenvalue weighted by molar-refractivity contribution is -0.123. The summed E-state index contributed by atoms with van der Waals surface area (Å²) in [5.74, 6) is 1.11. The molecule has 22 heavy (non-hydrogen) atoms. The zero-order valence-electron chi connectivity index (χ0n) is 12.6. The molecule has 114 valence electrons. The molecule has 0 atom stereocenters. The Balaban J connectivity index is 1.75. The molecule has 1 aromatic carbocycles. The van der Waals surface area contributed by atoms with Crippen LogP contribution in [0, 0.1) is 13.8 Å². The van der Waals surface area contributed by atoms with Gasteiger partial charge in [0.1, 0.15) is 11.5 Å². The molecule has 5 heteroatoms. The molecule has 2 aromatic rings. The first kappa shape index (κ1) is 15.6. The van der Waals surface area contributed by atoms with E-state index >= 15 is 0 Å². The number of benzene rings is 1. The molecule has 0 saturated carbocycles. The number of carbonyl (C=O) groups excluding carboxylic acids is 1. The normalized spacial score (nSPS) is 11.2. The van der Waals surface area contributed by atoms with Crippen molar-refractivity contribution in [1.29, 1.82) is 0 Å². The molecule has 5 nitrogen and oxygen atoms in total. The number of ether oxygens (including phenoxy) is 1. The highest BCUT2D eigenvalue weighted by atomic mass is 16.5. The van der Waals surface area contributed by atoms with Gasteiger partial charge in [-0.3, -0.25) is 4.79 Å². The quantitative estimate of drug-likeness (QED) is 0.658. The second-order valence-electron chi connectivity index (χ2n) is 4.67. The predicted octanol–water partition coefficient (Wildman–Crippen LogP) is 3.09. The second-order valence-corrected chi connectivity index (χ2v) is 4.67. The van der Waals surface area contributed by atoms with E-state index in [9.17, 15) is 4.79 Å². The van der Waals surface area contributed by atoms with Gasteiger partial charge in [-0.1, -0.05) is 12.1 Å². The van der Waals surface area contributed by atoms with Crippen LogP contribution in [0.25, 0.3) is 6.08 Å². The van der Waals surface area contributed by atoms with Crippen molar-refractivity contribution in [2.75, 3.05) is 6.61 Å². The van der Waals surface area contributed by atoms with Crippen molar-refractivity contribution >= 4 is 18.2 Å². The zero-order valence-corrected chi connectivity index (χ0v) is 12.6. The highest BCUT2D eigenvalue weighted by molar-refractivity contribution is 5.81. The van der Waals surface area contributed by atoms with E-state index in [1.54, 1.807) is 24.5 Å². The number of aryl methyl sites for hydroxylation is 1. The molecule has 0 aliphatic carbocycles. The molecular weight excluding hydrogens is 280 g/mol. The molecule has 1 aromatic heterocycles. The molecular formula is C17H18N2O3. The van der Waals surface area contributed by atoms with Gasteiger partial charge in [0.2, 0.25) is 0 Å². The van der Waals surface area contributed by atoms with Crippen LogP contribution in [0.5, 0.6) is 5.75 Å². The molecule has 1 heterocycles. The summed E-state index contributed by atoms with van der Waals surface area (Å²) >= 11 is 0. The minimum atomic E-state index is -0.316. The van der Waals surface area contributed by atoms with E-state index in [1.165, 1.54) is 6.21 Å². The number of nitrogens with one attached hydrogen (secondary N) is 1. The van der Waals surface area contributed by atoms with Crippen molar-refractivity contribution in [3.63, 3.8) is 0 Å². The predicted molar refractivity (Wildman–Crippen MR) is 85.8 cm³/mol. The van der Waals surface area contributed by atoms with Crippen LogP contribution < -0.4 is 10.2 Å². The minimum Gasteiger partial charge on any atom is -0.483 e. The highest BCUT2D eigenvalue weighted by Crippen LogP contribution is 2.20. The maximum absolute atomic E-state index is 11.6. The highest BCUT2D eigenvalue weighted by Gasteiger charge is 2.04. The maximum Gasteiger partial charge on any atom is 0.277 e. The average Bonchev–Trinajstić information content (AvgIpc) is 3.02. The fraction of sp³-hybridized carbons (Fsp3) is 0.176. The van der Waals surface area contributed by atoms with Crippen molar-refractivity contribution in [1.82, 2.24) is 5.43 Å². The molecule has 0 spiro atoms. The summed E-state index contributed by atoms with van der Waals surface area (Å²) in [4.78, 5) is 11.6. The van der Waals surface area contributed by atoms with Crippen LogP contribution in [-0.4, -0.2) is 18.7 Å². The van der Waals surface area contributed by atoms with E-state index in [0.717, 1.165) is 16.9 Å². The average molecular weight is 298 g/mol. The Morgan fingerprint density at radius 1 is 1.32 bits per heavy atom. The largest absolute Gasteiger partial charge is 0.483 e. The minimum absolute atomic E-state index is 0.0798. The van der Waals surface area contributed by atoms with Crippen LogP contribution in [0.3, 0.4) is 0 Å². The summed E-state index contributed by atoms with van der Waals surface area (Å²) in [6, 6.07) is 9.35. The van der Waals surface area contributed by atoms with Gasteiger partial charge in [0.05, 0.1) is 6.26 Å². The third-order valence-corrected chi connectivity index (χ3v) is 3.07. The lowest BCUT2D eigenvalue weighted by Crippen LogP contribution is -2.24. The molecule has 1 N–H and O–H groups in total. The Morgan fingerprint density at radius 2 is 2.18 bits per heavy atom. The first-order valence-electron chi connectivity index (χ1n) is 6.88. The van der Waals surface area contributed by atoms with Crippen LogP contribution in [0.15, 0.2) is 52.2 Å². The van der Waals surface area contributed by atoms with Gasteiger partial charge < -0.3 is 9.15 Å². The summed E-state index contributed by atoms with van der Waals surface area (Å²) in [7, 11) is 0. The third-order valence-electron chi connectivity index (χ3n) is 3.07. The van der Waals surface area contributed by atoms with Crippen molar-refractivity contribution < 1.29 is 13.9 Å². The zero-order chi connectivity index (χ0) is 15.8. The lowest BCUT2D eigenvalue weighted by atomic mass is 10.1. The summed E-state index contributed by atoms with van der Waals surface area (Å²) in [5.41, 5.74) is 4.54. The topological polar surface area (TPSA) is 63.8 Å². The van der Waals surface area contributed by atoms with Gasteiger partial charge in [-0.25, -0.2) is 5.43 Å². The maximum atomic E-state index is 11.6. The lowest BCUT2D eigenvalue weighted by Gasteiger charge is -2.09. The van der Waals surface area contributed by atoms with Gasteiger partial charge in [-0.05, 0) is 55.3 Å². The van der Waals surface area contributed by atoms with E-state index in [-0.39, 0.29) is 12.5 Å². The smallest absolute Gasteiger partial charge is 0.277 e. The summed E-state index contributed by atoms with van der Waals surface area (Å²) in [6.07, 6.45) is 6.47. The van der Waals surface area contributed by atoms with E-state index in [2.05, 4.69) is 10.5 Å². The number of hydrogen-bond donors (Lipinski definition) is 1. The molecule has 0 fully saturated rings. The monoisotopic (exact) mass is 298 g/mol. The van der Waals surface area contributed by atoms with Crippen molar-refractivity contribution in [3.8, 4) is 5.75 Å². The van der Waals surface area contributed by atoms with E-state index in [0.29, 0.717) is 5.75 Å². The van der Waals surface area contributed by atoms with Crippen LogP contribution >= 0.6 is 0 Å². The van der Waals surface area contributed by atoms with E-state index < -0.39 is 0 Å². The Labute approximate surface area is 129 Å². The molecule has 2 rings (SSSR count). The van der Waals surface area contributed by atoms with Crippen LogP contribution in [0.4, 0.5) is 0 Å². The third kappa shape index (κ3) is 4.63. The number of carbonyl (C=O) groups is 1. The molecule has 1 amide bonds. The molecule has 0 radical (unpaired) electrons. The molecule has 0 saturated heterocycles. The van der Waals surface area contributed by atoms with Gasteiger partial charge in [0.25, 0.3) is 5.91 Å². The molecule has 0 aliphatic rings. The number of hydrogen-bond acceptors (Lipinski definition) is 4. The number of amides is 1. The Morgan fingerprint density at radius 3 is 2.95 bits per heavy atom. The van der Waals surface area contributed by atoms with Crippen LogP contribution in [0.1, 0.15) is 16.9 Å². The SMILES string of the molecule is Cc1cccc(OCC(=O)NN=CC=Cc2ccco2)c1C. The van der Waals surface area contributed by atoms with Crippen LogP contribution in [0.2, 0.25) is 0 Å². The Hall–Kier alpha value is -2.82. The summed E-state index contributed by atoms with van der Waals surface area (Å²) in [6.45, 7) is 3.88. The number of furan rings is 1. The second kappa shape index (κ2) is 7.83. The fourth-order valence-corrected chi connectivity index (χ4v) is 1.73. The first-order valence-corrected chi connectivity index (χ1v) is 6.88. The van der Waals surface area contributed by atoms with Crippen molar-refractivity contribution in [2.24, 2.45) is 5.10 Å². The number of nitrogens with zero attached hydrogens (tertiary/aromatic N) is 1. The van der Waals surface area contributed by atoms with E-state index in [4.69, 9.17) is 9.15 Å². The standard InChI is InChI=1S/C17H18N2O3/c1-13-6-3-9-16(14(13)2)22-12-17(20)19-18-10-4-7-15-8-5-11-21-15/h3-11H,12H2,1-2H3,(H,19,20). The number of allylic oxidation sites excluding steroid dienone is 1. The number of hydrazone groups is 1. The Kier molecular flexibility index (Phi) is 5.54. The van der Waals surface area contributed by atoms with Gasteiger partial charge >= 0.3 is 0 Å². The number of rotatable bonds is 6. The molecule has 0 unspecified atom stereocenters. The fourth-order valence-electron chi connectivity index (χ4n) is 1.73. The van der Waals surface area contributed by atoms with Crippen molar-refractivity contribution in [3.05, 3.63) is 59.6 Å². The van der Waals surface area contributed by atoms with Gasteiger partial charge in [0.15, 0.2) is 6.61 Å².